The number of ether oxygens (including phenoxy) is 2. The Morgan fingerprint density at radius 3 is 2.87 bits per heavy atom. The Kier molecular flexibility index (Phi) is 2.56. The van der Waals surface area contributed by atoms with Crippen LogP contribution in [-0.4, -0.2) is 47.8 Å². The van der Waals surface area contributed by atoms with E-state index in [2.05, 4.69) is 0 Å². The van der Waals surface area contributed by atoms with Gasteiger partial charge in [-0.2, -0.15) is 0 Å². The maximum Gasteiger partial charge on any atom is 0.292 e. The first-order valence-electron chi connectivity index (χ1n) is 5.11. The zero-order valence-electron chi connectivity index (χ0n) is 8.73. The monoisotopic (exact) mass is 213 g/mol. The molecule has 0 bridgehead atoms. The summed E-state index contributed by atoms with van der Waals surface area (Å²) in [5, 5.41) is 9.75. The normalized spacial score (nSPS) is 23.3. The van der Waals surface area contributed by atoms with Gasteiger partial charge in [0.25, 0.3) is 5.91 Å². The molecule has 0 spiro atoms. The van der Waals surface area contributed by atoms with E-state index in [9.17, 15) is 9.90 Å². The fourth-order valence-corrected chi connectivity index (χ4v) is 1.67. The van der Waals surface area contributed by atoms with Crippen LogP contribution in [0.3, 0.4) is 0 Å². The molecule has 2 rings (SSSR count). The van der Waals surface area contributed by atoms with Crippen molar-refractivity contribution in [3.05, 3.63) is 12.0 Å². The first kappa shape index (κ1) is 10.3. The van der Waals surface area contributed by atoms with Gasteiger partial charge in [0.1, 0.15) is 19.5 Å². The van der Waals surface area contributed by atoms with Gasteiger partial charge in [-0.05, 0) is 6.42 Å². The summed E-state index contributed by atoms with van der Waals surface area (Å²) in [6.07, 6.45) is 2.00. The number of amides is 1. The number of β-amino-alcohol motifs (C(OH)–C–C–N with tert-alkyl or cyclic N) is 1. The maximum absolute atomic E-state index is 11.7. The maximum atomic E-state index is 11.7. The van der Waals surface area contributed by atoms with Crippen LogP contribution in [-0.2, 0) is 14.3 Å². The minimum absolute atomic E-state index is 0.201. The standard InChI is InChI=1S/C10H15NO4/c1-2-10(13)6-11(7-10)9(12)8-5-14-3-4-15-8/h5,13H,2-4,6-7H2,1H3. The highest BCUT2D eigenvalue weighted by Crippen LogP contribution is 2.25. The Morgan fingerprint density at radius 1 is 1.60 bits per heavy atom. The second kappa shape index (κ2) is 3.73. The van der Waals surface area contributed by atoms with E-state index in [0.29, 0.717) is 32.7 Å². The average Bonchev–Trinajstić information content (AvgIpc) is 2.25. The lowest BCUT2D eigenvalue weighted by molar-refractivity contribution is -0.156. The minimum atomic E-state index is -0.703. The van der Waals surface area contributed by atoms with Gasteiger partial charge in [0.05, 0.1) is 18.7 Å². The summed E-state index contributed by atoms with van der Waals surface area (Å²) in [4.78, 5) is 13.3. The Labute approximate surface area is 88.3 Å². The van der Waals surface area contributed by atoms with Crippen molar-refractivity contribution in [3.63, 3.8) is 0 Å². The van der Waals surface area contributed by atoms with E-state index in [0.717, 1.165) is 0 Å². The Bertz CT molecular complexity index is 294. The van der Waals surface area contributed by atoms with E-state index in [1.807, 2.05) is 6.92 Å². The number of aliphatic hydroxyl groups is 1. The summed E-state index contributed by atoms with van der Waals surface area (Å²) < 4.78 is 10.2. The number of nitrogens with zero attached hydrogens (tertiary/aromatic N) is 1. The number of carbonyl (C=O) groups excluding carboxylic acids is 1. The summed E-state index contributed by atoms with van der Waals surface area (Å²) in [5.74, 6) is 0.0345. The fourth-order valence-electron chi connectivity index (χ4n) is 1.67. The van der Waals surface area contributed by atoms with Crippen molar-refractivity contribution in [2.45, 2.75) is 18.9 Å². The molecule has 1 N–H and O–H groups in total. The first-order valence-corrected chi connectivity index (χ1v) is 5.11. The van der Waals surface area contributed by atoms with Crippen molar-refractivity contribution in [3.8, 4) is 0 Å². The van der Waals surface area contributed by atoms with Crippen LogP contribution in [0.25, 0.3) is 0 Å². The van der Waals surface area contributed by atoms with Crippen LogP contribution >= 0.6 is 0 Å². The summed E-state index contributed by atoms with van der Waals surface area (Å²) in [5.41, 5.74) is -0.703. The predicted molar refractivity (Wildman–Crippen MR) is 51.8 cm³/mol. The summed E-state index contributed by atoms with van der Waals surface area (Å²) in [6.45, 7) is 3.55. The first-order chi connectivity index (χ1) is 7.14. The molecule has 0 aromatic rings. The van der Waals surface area contributed by atoms with Gasteiger partial charge in [-0.25, -0.2) is 0 Å². The van der Waals surface area contributed by atoms with Crippen molar-refractivity contribution >= 4 is 5.91 Å². The van der Waals surface area contributed by atoms with Gasteiger partial charge >= 0.3 is 0 Å². The van der Waals surface area contributed by atoms with E-state index >= 15 is 0 Å². The quantitative estimate of drug-likeness (QED) is 0.693. The molecule has 0 saturated carbocycles. The second-order valence-corrected chi connectivity index (χ2v) is 3.94. The van der Waals surface area contributed by atoms with Crippen LogP contribution in [0.15, 0.2) is 12.0 Å². The predicted octanol–water partition coefficient (Wildman–Crippen LogP) is -0.142. The highest BCUT2D eigenvalue weighted by Gasteiger charge is 2.43. The highest BCUT2D eigenvalue weighted by atomic mass is 16.6. The van der Waals surface area contributed by atoms with E-state index < -0.39 is 5.60 Å². The van der Waals surface area contributed by atoms with Crippen molar-refractivity contribution in [2.75, 3.05) is 26.3 Å². The largest absolute Gasteiger partial charge is 0.494 e. The Balaban J connectivity index is 1.91. The molecule has 0 unspecified atom stereocenters. The molecule has 0 aromatic carbocycles. The molecular formula is C10H15NO4. The number of hydrogen-bond acceptors (Lipinski definition) is 4. The molecule has 0 radical (unpaired) electrons. The van der Waals surface area contributed by atoms with E-state index in [-0.39, 0.29) is 11.7 Å². The fraction of sp³-hybridized carbons (Fsp3) is 0.700. The number of likely N-dealkylation sites (tertiary alicyclic amines) is 1. The van der Waals surface area contributed by atoms with Gasteiger partial charge < -0.3 is 19.5 Å². The molecule has 1 saturated heterocycles. The van der Waals surface area contributed by atoms with Gasteiger partial charge in [-0.15, -0.1) is 0 Å². The third kappa shape index (κ3) is 1.92. The van der Waals surface area contributed by atoms with Gasteiger partial charge in [0.2, 0.25) is 5.76 Å². The summed E-state index contributed by atoms with van der Waals surface area (Å²) >= 11 is 0. The van der Waals surface area contributed by atoms with Crippen LogP contribution in [0.5, 0.6) is 0 Å². The molecule has 1 fully saturated rings. The molecule has 84 valence electrons. The third-order valence-electron chi connectivity index (χ3n) is 2.78. The summed E-state index contributed by atoms with van der Waals surface area (Å²) in [6, 6.07) is 0. The Hall–Kier alpha value is -1.23. The molecule has 0 atom stereocenters. The van der Waals surface area contributed by atoms with Gasteiger partial charge in [0.15, 0.2) is 0 Å². The van der Waals surface area contributed by atoms with Gasteiger partial charge in [-0.3, -0.25) is 4.79 Å². The van der Waals surface area contributed by atoms with Gasteiger partial charge in [-0.1, -0.05) is 6.92 Å². The minimum Gasteiger partial charge on any atom is -0.494 e. The van der Waals surface area contributed by atoms with Crippen molar-refractivity contribution < 1.29 is 19.4 Å². The molecule has 2 aliphatic heterocycles. The lowest BCUT2D eigenvalue weighted by Crippen LogP contribution is -2.63. The SMILES string of the molecule is CCC1(O)CN(C(=O)C2=COCCO2)C1. The number of rotatable bonds is 2. The zero-order chi connectivity index (χ0) is 10.9. The average molecular weight is 213 g/mol. The molecule has 1 amide bonds. The molecule has 5 heteroatoms. The van der Waals surface area contributed by atoms with Crippen LogP contribution in [0.2, 0.25) is 0 Å². The molecule has 0 aromatic heterocycles. The molecule has 5 nitrogen and oxygen atoms in total. The van der Waals surface area contributed by atoms with E-state index in [1.54, 1.807) is 4.90 Å². The van der Waals surface area contributed by atoms with Crippen LogP contribution in [0.4, 0.5) is 0 Å². The van der Waals surface area contributed by atoms with Crippen molar-refractivity contribution in [1.29, 1.82) is 0 Å². The summed E-state index contributed by atoms with van der Waals surface area (Å²) in [7, 11) is 0. The molecule has 2 aliphatic rings. The second-order valence-electron chi connectivity index (χ2n) is 3.94. The zero-order valence-corrected chi connectivity index (χ0v) is 8.73. The Morgan fingerprint density at radius 2 is 2.33 bits per heavy atom. The van der Waals surface area contributed by atoms with Crippen LogP contribution in [0, 0.1) is 0 Å². The van der Waals surface area contributed by atoms with Crippen molar-refractivity contribution in [2.24, 2.45) is 0 Å². The number of hydrogen-bond donors (Lipinski definition) is 1. The smallest absolute Gasteiger partial charge is 0.292 e. The lowest BCUT2D eigenvalue weighted by atomic mass is 9.91. The molecular weight excluding hydrogens is 198 g/mol. The van der Waals surface area contributed by atoms with Gasteiger partial charge in [0, 0.05) is 0 Å². The van der Waals surface area contributed by atoms with Crippen LogP contribution in [0.1, 0.15) is 13.3 Å². The molecule has 2 heterocycles. The third-order valence-corrected chi connectivity index (χ3v) is 2.78. The lowest BCUT2D eigenvalue weighted by Gasteiger charge is -2.46. The number of carbonyl (C=O) groups is 1. The molecule has 0 aliphatic carbocycles. The highest BCUT2D eigenvalue weighted by molar-refractivity contribution is 5.92. The topological polar surface area (TPSA) is 59.0 Å². The van der Waals surface area contributed by atoms with Crippen LogP contribution < -0.4 is 0 Å². The molecule has 15 heavy (non-hydrogen) atoms. The van der Waals surface area contributed by atoms with E-state index in [1.165, 1.54) is 6.26 Å². The van der Waals surface area contributed by atoms with Crippen molar-refractivity contribution in [1.82, 2.24) is 4.90 Å². The van der Waals surface area contributed by atoms with E-state index in [4.69, 9.17) is 9.47 Å².